The fourth-order valence-corrected chi connectivity index (χ4v) is 3.44. The highest BCUT2D eigenvalue weighted by Crippen LogP contribution is 2.30. The van der Waals surface area contributed by atoms with Gasteiger partial charge in [-0.3, -0.25) is 0 Å². The van der Waals surface area contributed by atoms with E-state index in [4.69, 9.17) is 4.74 Å². The molecule has 0 aromatic heterocycles. The molecule has 3 rings (SSSR count). The molecule has 0 spiro atoms. The van der Waals surface area contributed by atoms with E-state index >= 15 is 0 Å². The second-order valence-corrected chi connectivity index (χ2v) is 6.95. The van der Waals surface area contributed by atoms with Crippen LogP contribution in [0.4, 0.5) is 4.39 Å². The third kappa shape index (κ3) is 3.71. The van der Waals surface area contributed by atoms with Gasteiger partial charge in [0.25, 0.3) is 0 Å². The predicted molar refractivity (Wildman–Crippen MR) is 88.8 cm³/mol. The van der Waals surface area contributed by atoms with Gasteiger partial charge in [0, 0.05) is 0 Å². The second kappa shape index (κ2) is 7.30. The first-order chi connectivity index (χ1) is 10.7. The standard InChI is InChI=1S/C20H27FO/c1-15-18(11-5-8-16-6-2-3-7-16)12-13-19(20(15)21)22-14-17-9-4-10-17/h5,8,12-13,16-17H,2-4,6-7,9-11,14H2,1H3/b8-5+. The topological polar surface area (TPSA) is 9.23 Å². The maximum atomic E-state index is 14.4. The van der Waals surface area contributed by atoms with Gasteiger partial charge in [-0.1, -0.05) is 37.5 Å². The third-order valence-corrected chi connectivity index (χ3v) is 5.31. The van der Waals surface area contributed by atoms with Crippen molar-refractivity contribution in [2.75, 3.05) is 6.61 Å². The molecule has 2 aliphatic carbocycles. The van der Waals surface area contributed by atoms with Gasteiger partial charge in [-0.05, 0) is 68.1 Å². The number of benzene rings is 1. The Morgan fingerprint density at radius 1 is 1.14 bits per heavy atom. The van der Waals surface area contributed by atoms with Crippen LogP contribution in [-0.4, -0.2) is 6.61 Å². The Balaban J connectivity index is 1.58. The Morgan fingerprint density at radius 2 is 1.91 bits per heavy atom. The number of ether oxygens (including phenoxy) is 1. The molecule has 1 aromatic rings. The quantitative estimate of drug-likeness (QED) is 0.621. The fourth-order valence-electron chi connectivity index (χ4n) is 3.44. The van der Waals surface area contributed by atoms with Crippen LogP contribution in [0.2, 0.25) is 0 Å². The molecule has 1 nitrogen and oxygen atoms in total. The molecular formula is C20H27FO. The van der Waals surface area contributed by atoms with E-state index in [1.807, 2.05) is 13.0 Å². The lowest BCUT2D eigenvalue weighted by molar-refractivity contribution is 0.175. The minimum atomic E-state index is -0.175. The summed E-state index contributed by atoms with van der Waals surface area (Å²) >= 11 is 0. The first kappa shape index (κ1) is 15.6. The van der Waals surface area contributed by atoms with Crippen LogP contribution in [0.5, 0.6) is 5.75 Å². The molecule has 22 heavy (non-hydrogen) atoms. The first-order valence-electron chi connectivity index (χ1n) is 8.81. The summed E-state index contributed by atoms with van der Waals surface area (Å²) in [5, 5.41) is 0. The van der Waals surface area contributed by atoms with Crippen LogP contribution in [0.3, 0.4) is 0 Å². The first-order valence-corrected chi connectivity index (χ1v) is 8.81. The molecule has 0 N–H and O–H groups in total. The van der Waals surface area contributed by atoms with Gasteiger partial charge in [0.15, 0.2) is 11.6 Å². The highest BCUT2D eigenvalue weighted by molar-refractivity contribution is 5.38. The van der Waals surface area contributed by atoms with Gasteiger partial charge in [0.1, 0.15) is 0 Å². The van der Waals surface area contributed by atoms with E-state index < -0.39 is 0 Å². The highest BCUT2D eigenvalue weighted by atomic mass is 19.1. The Labute approximate surface area is 133 Å². The Bertz CT molecular complexity index is 525. The van der Waals surface area contributed by atoms with Crippen molar-refractivity contribution in [1.29, 1.82) is 0 Å². The summed E-state index contributed by atoms with van der Waals surface area (Å²) < 4.78 is 20.1. The molecular weight excluding hydrogens is 275 g/mol. The van der Waals surface area contributed by atoms with Crippen molar-refractivity contribution in [3.8, 4) is 5.75 Å². The van der Waals surface area contributed by atoms with Crippen LogP contribution >= 0.6 is 0 Å². The maximum Gasteiger partial charge on any atom is 0.168 e. The van der Waals surface area contributed by atoms with Crippen LogP contribution in [-0.2, 0) is 6.42 Å². The van der Waals surface area contributed by atoms with E-state index in [-0.39, 0.29) is 5.82 Å². The molecule has 0 heterocycles. The van der Waals surface area contributed by atoms with Crippen molar-refractivity contribution in [3.63, 3.8) is 0 Å². The van der Waals surface area contributed by atoms with E-state index in [2.05, 4.69) is 12.2 Å². The van der Waals surface area contributed by atoms with E-state index in [9.17, 15) is 4.39 Å². The lowest BCUT2D eigenvalue weighted by Crippen LogP contribution is -2.19. The Hall–Kier alpha value is -1.31. The predicted octanol–water partition coefficient (Wildman–Crippen LogP) is 5.60. The molecule has 0 radical (unpaired) electrons. The second-order valence-electron chi connectivity index (χ2n) is 6.95. The molecule has 0 unspecified atom stereocenters. The zero-order valence-corrected chi connectivity index (χ0v) is 13.6. The van der Waals surface area contributed by atoms with Crippen molar-refractivity contribution < 1.29 is 9.13 Å². The zero-order valence-electron chi connectivity index (χ0n) is 13.6. The molecule has 0 aliphatic heterocycles. The molecule has 2 aliphatic rings. The largest absolute Gasteiger partial charge is 0.490 e. The van der Waals surface area contributed by atoms with Gasteiger partial charge in [0.2, 0.25) is 0 Å². The number of rotatable bonds is 6. The van der Waals surface area contributed by atoms with Gasteiger partial charge in [-0.25, -0.2) is 4.39 Å². The fraction of sp³-hybridized carbons (Fsp3) is 0.600. The molecule has 0 saturated heterocycles. The van der Waals surface area contributed by atoms with Crippen LogP contribution in [0.15, 0.2) is 24.3 Å². The molecule has 0 bridgehead atoms. The van der Waals surface area contributed by atoms with Crippen LogP contribution in [0.1, 0.15) is 56.1 Å². The average Bonchev–Trinajstić information content (AvgIpc) is 2.97. The summed E-state index contributed by atoms with van der Waals surface area (Å²) in [6, 6.07) is 3.83. The molecule has 2 fully saturated rings. The van der Waals surface area contributed by atoms with E-state index in [0.29, 0.717) is 18.3 Å². The van der Waals surface area contributed by atoms with Crippen molar-refractivity contribution in [2.24, 2.45) is 11.8 Å². The zero-order chi connectivity index (χ0) is 15.4. The van der Waals surface area contributed by atoms with Crippen LogP contribution < -0.4 is 4.74 Å². The highest BCUT2D eigenvalue weighted by Gasteiger charge is 2.19. The van der Waals surface area contributed by atoms with Gasteiger partial charge < -0.3 is 4.74 Å². The third-order valence-electron chi connectivity index (χ3n) is 5.31. The minimum Gasteiger partial charge on any atom is -0.490 e. The van der Waals surface area contributed by atoms with Gasteiger partial charge in [0.05, 0.1) is 6.61 Å². The number of hydrogen-bond acceptors (Lipinski definition) is 1. The lowest BCUT2D eigenvalue weighted by atomic mass is 9.86. The molecule has 0 amide bonds. The van der Waals surface area contributed by atoms with Crippen LogP contribution in [0.25, 0.3) is 0 Å². The monoisotopic (exact) mass is 302 g/mol. The molecule has 2 saturated carbocycles. The summed E-state index contributed by atoms with van der Waals surface area (Å²) in [6.45, 7) is 2.53. The molecule has 1 aromatic carbocycles. The minimum absolute atomic E-state index is 0.175. The van der Waals surface area contributed by atoms with E-state index in [1.165, 1.54) is 44.9 Å². The molecule has 2 heteroatoms. The van der Waals surface area contributed by atoms with Gasteiger partial charge in [-0.15, -0.1) is 0 Å². The van der Waals surface area contributed by atoms with E-state index in [0.717, 1.165) is 23.5 Å². The smallest absolute Gasteiger partial charge is 0.168 e. The normalized spacial score (nSPS) is 19.7. The van der Waals surface area contributed by atoms with Gasteiger partial charge >= 0.3 is 0 Å². The SMILES string of the molecule is Cc1c(C/C=C/C2CCCC2)ccc(OCC2CCC2)c1F. The Morgan fingerprint density at radius 3 is 2.59 bits per heavy atom. The van der Waals surface area contributed by atoms with Gasteiger partial charge in [-0.2, -0.15) is 0 Å². The number of hydrogen-bond donors (Lipinski definition) is 0. The average molecular weight is 302 g/mol. The van der Waals surface area contributed by atoms with Crippen molar-refractivity contribution in [1.82, 2.24) is 0 Å². The lowest BCUT2D eigenvalue weighted by Gasteiger charge is -2.25. The van der Waals surface area contributed by atoms with Crippen LogP contribution in [0, 0.1) is 24.6 Å². The van der Waals surface area contributed by atoms with E-state index in [1.54, 1.807) is 6.07 Å². The van der Waals surface area contributed by atoms with Crippen molar-refractivity contribution >= 4 is 0 Å². The summed E-state index contributed by atoms with van der Waals surface area (Å²) in [5.41, 5.74) is 1.81. The van der Waals surface area contributed by atoms with Crippen molar-refractivity contribution in [3.05, 3.63) is 41.2 Å². The number of allylic oxidation sites excluding steroid dienone is 2. The molecule has 120 valence electrons. The summed E-state index contributed by atoms with van der Waals surface area (Å²) in [6.07, 6.45) is 14.5. The van der Waals surface area contributed by atoms with Crippen molar-refractivity contribution in [2.45, 2.75) is 58.3 Å². The summed E-state index contributed by atoms with van der Waals surface area (Å²) in [7, 11) is 0. The summed E-state index contributed by atoms with van der Waals surface area (Å²) in [5.74, 6) is 1.63. The maximum absolute atomic E-state index is 14.4. The Kier molecular flexibility index (Phi) is 5.17. The number of halogens is 1. The molecule has 0 atom stereocenters. The summed E-state index contributed by atoms with van der Waals surface area (Å²) in [4.78, 5) is 0.